The van der Waals surface area contributed by atoms with Crippen LogP contribution in [0.5, 0.6) is 0 Å². The van der Waals surface area contributed by atoms with Crippen LogP contribution in [0.25, 0.3) is 0 Å². The standard InChI is InChI=1S/C15H26N2O.ClH/c1-10(16)2-14(18)17-9-15-6-11-3-12(7-15)5-13(4-11)8-15;/h10-13H,2-9,16H2,1H3,(H,17,18);1H. The summed E-state index contributed by atoms with van der Waals surface area (Å²) >= 11 is 0. The topological polar surface area (TPSA) is 55.1 Å². The number of carbonyl (C=O) groups excluding carboxylic acids is 1. The number of amides is 1. The molecular formula is C15H27ClN2O. The molecule has 0 aromatic carbocycles. The van der Waals surface area contributed by atoms with Crippen molar-refractivity contribution in [3.63, 3.8) is 0 Å². The third kappa shape index (κ3) is 3.25. The first-order valence-electron chi connectivity index (χ1n) is 7.57. The minimum Gasteiger partial charge on any atom is -0.355 e. The Bertz CT molecular complexity index is 308. The number of halogens is 1. The largest absolute Gasteiger partial charge is 0.355 e. The van der Waals surface area contributed by atoms with Crippen molar-refractivity contribution in [1.82, 2.24) is 5.32 Å². The number of nitrogens with two attached hydrogens (primary N) is 1. The van der Waals surface area contributed by atoms with E-state index in [1.807, 2.05) is 6.92 Å². The Morgan fingerprint density at radius 1 is 1.21 bits per heavy atom. The molecule has 1 amide bonds. The fourth-order valence-corrected chi connectivity index (χ4v) is 5.16. The third-order valence-electron chi connectivity index (χ3n) is 5.33. The van der Waals surface area contributed by atoms with Gasteiger partial charge in [-0.3, -0.25) is 4.79 Å². The number of hydrogen-bond donors (Lipinski definition) is 2. The summed E-state index contributed by atoms with van der Waals surface area (Å²) in [7, 11) is 0. The maximum absolute atomic E-state index is 11.8. The van der Waals surface area contributed by atoms with Crippen molar-refractivity contribution in [3.8, 4) is 0 Å². The molecule has 4 aliphatic carbocycles. The van der Waals surface area contributed by atoms with Gasteiger partial charge in [-0.05, 0) is 68.6 Å². The quantitative estimate of drug-likeness (QED) is 0.834. The molecular weight excluding hydrogens is 260 g/mol. The number of carbonyl (C=O) groups is 1. The highest BCUT2D eigenvalue weighted by atomic mass is 35.5. The van der Waals surface area contributed by atoms with Crippen molar-refractivity contribution in [2.75, 3.05) is 6.54 Å². The second-order valence-electron chi connectivity index (χ2n) is 7.38. The fourth-order valence-electron chi connectivity index (χ4n) is 5.16. The lowest BCUT2D eigenvalue weighted by atomic mass is 9.49. The molecule has 0 aromatic rings. The Kier molecular flexibility index (Phi) is 4.46. The fraction of sp³-hybridized carbons (Fsp3) is 0.933. The third-order valence-corrected chi connectivity index (χ3v) is 5.33. The lowest BCUT2D eigenvalue weighted by molar-refractivity contribution is -0.123. The van der Waals surface area contributed by atoms with E-state index in [0.29, 0.717) is 11.8 Å². The van der Waals surface area contributed by atoms with Gasteiger partial charge in [-0.15, -0.1) is 12.4 Å². The zero-order valence-electron chi connectivity index (χ0n) is 11.9. The summed E-state index contributed by atoms with van der Waals surface area (Å²) in [5, 5.41) is 3.15. The van der Waals surface area contributed by atoms with Gasteiger partial charge in [-0.25, -0.2) is 0 Å². The van der Waals surface area contributed by atoms with Gasteiger partial charge in [0.1, 0.15) is 0 Å². The van der Waals surface area contributed by atoms with Crippen LogP contribution in [0, 0.1) is 23.2 Å². The van der Waals surface area contributed by atoms with Gasteiger partial charge in [0.05, 0.1) is 0 Å². The van der Waals surface area contributed by atoms with Crippen molar-refractivity contribution in [1.29, 1.82) is 0 Å². The maximum atomic E-state index is 11.8. The molecule has 1 unspecified atom stereocenters. The monoisotopic (exact) mass is 286 g/mol. The normalized spacial score (nSPS) is 40.6. The molecule has 3 nitrogen and oxygen atoms in total. The predicted molar refractivity (Wildman–Crippen MR) is 79.1 cm³/mol. The van der Waals surface area contributed by atoms with E-state index in [4.69, 9.17) is 5.73 Å². The first-order valence-corrected chi connectivity index (χ1v) is 7.57. The molecule has 19 heavy (non-hydrogen) atoms. The van der Waals surface area contributed by atoms with Gasteiger partial charge in [0.15, 0.2) is 0 Å². The van der Waals surface area contributed by atoms with Crippen LogP contribution in [-0.2, 0) is 4.79 Å². The number of rotatable bonds is 4. The molecule has 4 heteroatoms. The van der Waals surface area contributed by atoms with Crippen molar-refractivity contribution < 1.29 is 4.79 Å². The molecule has 0 heterocycles. The molecule has 4 saturated carbocycles. The summed E-state index contributed by atoms with van der Waals surface area (Å²) in [6, 6.07) is -0.0265. The molecule has 1 atom stereocenters. The molecule has 0 saturated heterocycles. The summed E-state index contributed by atoms with van der Waals surface area (Å²) in [4.78, 5) is 11.8. The average Bonchev–Trinajstić information content (AvgIpc) is 2.23. The highest BCUT2D eigenvalue weighted by Gasteiger charge is 2.50. The van der Waals surface area contributed by atoms with Crippen LogP contribution in [0.3, 0.4) is 0 Å². The summed E-state index contributed by atoms with van der Waals surface area (Å²) < 4.78 is 0. The molecule has 0 spiro atoms. The molecule has 3 N–H and O–H groups in total. The lowest BCUT2D eigenvalue weighted by Gasteiger charge is -2.56. The van der Waals surface area contributed by atoms with Gasteiger partial charge in [-0.2, -0.15) is 0 Å². The van der Waals surface area contributed by atoms with Crippen molar-refractivity contribution in [2.45, 2.75) is 57.9 Å². The smallest absolute Gasteiger partial charge is 0.221 e. The highest BCUT2D eigenvalue weighted by Crippen LogP contribution is 2.59. The molecule has 0 radical (unpaired) electrons. The van der Waals surface area contributed by atoms with Gasteiger partial charge in [-0.1, -0.05) is 0 Å². The van der Waals surface area contributed by atoms with Crippen LogP contribution in [0.2, 0.25) is 0 Å². The molecule has 0 aromatic heterocycles. The Labute approximate surface area is 122 Å². The van der Waals surface area contributed by atoms with Crippen LogP contribution in [0.1, 0.15) is 51.9 Å². The van der Waals surface area contributed by atoms with Crippen LogP contribution < -0.4 is 11.1 Å². The van der Waals surface area contributed by atoms with E-state index in [1.165, 1.54) is 38.5 Å². The average molecular weight is 287 g/mol. The van der Waals surface area contributed by atoms with E-state index < -0.39 is 0 Å². The number of hydrogen-bond acceptors (Lipinski definition) is 2. The van der Waals surface area contributed by atoms with Crippen LogP contribution in [-0.4, -0.2) is 18.5 Å². The Balaban J connectivity index is 0.00000133. The zero-order valence-corrected chi connectivity index (χ0v) is 12.7. The summed E-state index contributed by atoms with van der Waals surface area (Å²) in [5.41, 5.74) is 6.12. The molecule has 110 valence electrons. The van der Waals surface area contributed by atoms with E-state index in [9.17, 15) is 4.79 Å². The molecule has 4 aliphatic rings. The predicted octanol–water partition coefficient (Wildman–Crippen LogP) is 2.48. The molecule has 0 aliphatic heterocycles. The van der Waals surface area contributed by atoms with Gasteiger partial charge < -0.3 is 11.1 Å². The van der Waals surface area contributed by atoms with Crippen molar-refractivity contribution in [3.05, 3.63) is 0 Å². The second kappa shape index (κ2) is 5.61. The van der Waals surface area contributed by atoms with Crippen LogP contribution in [0.15, 0.2) is 0 Å². The zero-order chi connectivity index (χ0) is 12.8. The molecule has 4 fully saturated rings. The van der Waals surface area contributed by atoms with E-state index in [0.717, 1.165) is 24.3 Å². The Hall–Kier alpha value is -0.280. The second-order valence-corrected chi connectivity index (χ2v) is 7.38. The minimum absolute atomic E-state index is 0. The first kappa shape index (κ1) is 15.1. The Morgan fingerprint density at radius 3 is 2.11 bits per heavy atom. The SMILES string of the molecule is CC(N)CC(=O)NCC12CC3CC(CC(C3)C1)C2.Cl. The Morgan fingerprint density at radius 2 is 1.68 bits per heavy atom. The lowest BCUT2D eigenvalue weighted by Crippen LogP contribution is -2.51. The van der Waals surface area contributed by atoms with Crippen LogP contribution >= 0.6 is 12.4 Å². The van der Waals surface area contributed by atoms with Gasteiger partial charge in [0, 0.05) is 19.0 Å². The summed E-state index contributed by atoms with van der Waals surface area (Å²) in [5.74, 6) is 3.02. The van der Waals surface area contributed by atoms with Crippen molar-refractivity contribution in [2.24, 2.45) is 28.9 Å². The first-order chi connectivity index (χ1) is 8.55. The summed E-state index contributed by atoms with van der Waals surface area (Å²) in [6.07, 6.45) is 8.94. The van der Waals surface area contributed by atoms with E-state index >= 15 is 0 Å². The van der Waals surface area contributed by atoms with Crippen LogP contribution in [0.4, 0.5) is 0 Å². The molecule has 4 rings (SSSR count). The van der Waals surface area contributed by atoms with E-state index in [-0.39, 0.29) is 24.4 Å². The van der Waals surface area contributed by atoms with Gasteiger partial charge in [0.25, 0.3) is 0 Å². The summed E-state index contributed by atoms with van der Waals surface area (Å²) in [6.45, 7) is 2.80. The number of nitrogens with one attached hydrogen (secondary N) is 1. The maximum Gasteiger partial charge on any atom is 0.221 e. The minimum atomic E-state index is -0.0265. The highest BCUT2D eigenvalue weighted by molar-refractivity contribution is 5.85. The van der Waals surface area contributed by atoms with Gasteiger partial charge in [0.2, 0.25) is 5.91 Å². The molecule has 4 bridgehead atoms. The van der Waals surface area contributed by atoms with Crippen molar-refractivity contribution >= 4 is 18.3 Å². The van der Waals surface area contributed by atoms with Gasteiger partial charge >= 0.3 is 0 Å². The van der Waals surface area contributed by atoms with E-state index in [1.54, 1.807) is 0 Å². The van der Waals surface area contributed by atoms with E-state index in [2.05, 4.69) is 5.32 Å².